The van der Waals surface area contributed by atoms with E-state index in [2.05, 4.69) is 35.6 Å². The molecule has 0 aliphatic heterocycles. The number of hydrogen-bond acceptors (Lipinski definition) is 8. The van der Waals surface area contributed by atoms with E-state index in [0.29, 0.717) is 61.8 Å². The largest absolute Gasteiger partial charge is 0.354 e. The molecular formula is C21H32FN7O2S. The van der Waals surface area contributed by atoms with Gasteiger partial charge in [0.2, 0.25) is 27.9 Å². The van der Waals surface area contributed by atoms with E-state index in [-0.39, 0.29) is 10.9 Å². The van der Waals surface area contributed by atoms with E-state index in [4.69, 9.17) is 0 Å². The van der Waals surface area contributed by atoms with Gasteiger partial charge in [0.15, 0.2) is 0 Å². The predicted octanol–water partition coefficient (Wildman–Crippen LogP) is 3.13. The molecule has 1 aliphatic rings. The Morgan fingerprint density at radius 2 is 1.50 bits per heavy atom. The van der Waals surface area contributed by atoms with E-state index in [1.807, 2.05) is 13.8 Å². The fourth-order valence-corrected chi connectivity index (χ4v) is 5.22. The molecule has 0 atom stereocenters. The fourth-order valence-electron chi connectivity index (χ4n) is 3.76. The minimum Gasteiger partial charge on any atom is -0.354 e. The number of anilines is 3. The molecular weight excluding hydrogens is 433 g/mol. The minimum absolute atomic E-state index is 0.200. The van der Waals surface area contributed by atoms with Crippen molar-refractivity contribution in [1.29, 1.82) is 0 Å². The standard InChI is InChI=1S/C21H32FN7O2S/c1-4-23-19-26-20(24-5-2)28-21(27-19)25-13-15-9-11-16(12-10-15)29-32(30,31)17-8-6-7-14(3)18(17)22/h6-8,15-16,29H,4-5,9-13H2,1-3H3,(H3,23,24,25,26,27,28). The van der Waals surface area contributed by atoms with Crippen LogP contribution in [-0.2, 0) is 10.0 Å². The molecule has 3 rings (SSSR count). The summed E-state index contributed by atoms with van der Waals surface area (Å²) in [6, 6.07) is 4.22. The molecule has 11 heteroatoms. The van der Waals surface area contributed by atoms with Crippen LogP contribution in [0.25, 0.3) is 0 Å². The monoisotopic (exact) mass is 465 g/mol. The normalized spacial score (nSPS) is 18.9. The van der Waals surface area contributed by atoms with Crippen LogP contribution in [0.2, 0.25) is 0 Å². The summed E-state index contributed by atoms with van der Waals surface area (Å²) < 4.78 is 42.2. The van der Waals surface area contributed by atoms with Crippen LogP contribution in [-0.4, -0.2) is 49.0 Å². The lowest BCUT2D eigenvalue weighted by Gasteiger charge is -2.29. The van der Waals surface area contributed by atoms with Crippen LogP contribution in [0.3, 0.4) is 0 Å². The van der Waals surface area contributed by atoms with Crippen LogP contribution in [0.5, 0.6) is 0 Å². The highest BCUT2D eigenvalue weighted by Crippen LogP contribution is 2.26. The number of benzene rings is 1. The number of sulfonamides is 1. The second-order valence-electron chi connectivity index (χ2n) is 7.97. The Morgan fingerprint density at radius 3 is 2.06 bits per heavy atom. The van der Waals surface area contributed by atoms with E-state index in [0.717, 1.165) is 12.8 Å². The van der Waals surface area contributed by atoms with Crippen LogP contribution in [0.4, 0.5) is 22.2 Å². The van der Waals surface area contributed by atoms with Gasteiger partial charge < -0.3 is 16.0 Å². The van der Waals surface area contributed by atoms with E-state index in [9.17, 15) is 12.8 Å². The topological polar surface area (TPSA) is 121 Å². The first-order valence-corrected chi connectivity index (χ1v) is 12.6. The van der Waals surface area contributed by atoms with Crippen LogP contribution in [0.1, 0.15) is 45.1 Å². The maximum Gasteiger partial charge on any atom is 0.243 e. The Morgan fingerprint density at radius 1 is 0.938 bits per heavy atom. The number of aryl methyl sites for hydroxylation is 1. The Bertz CT molecular complexity index is 987. The van der Waals surface area contributed by atoms with Gasteiger partial charge in [-0.2, -0.15) is 15.0 Å². The van der Waals surface area contributed by atoms with Gasteiger partial charge in [-0.25, -0.2) is 17.5 Å². The van der Waals surface area contributed by atoms with Gasteiger partial charge in [-0.3, -0.25) is 0 Å². The molecule has 1 aliphatic carbocycles. The van der Waals surface area contributed by atoms with E-state index >= 15 is 0 Å². The van der Waals surface area contributed by atoms with Gasteiger partial charge in [0, 0.05) is 25.7 Å². The summed E-state index contributed by atoms with van der Waals surface area (Å²) in [5.41, 5.74) is 0.315. The zero-order valence-electron chi connectivity index (χ0n) is 18.8. The van der Waals surface area contributed by atoms with Crippen LogP contribution in [0.15, 0.2) is 23.1 Å². The second kappa shape index (κ2) is 10.9. The lowest BCUT2D eigenvalue weighted by Crippen LogP contribution is -2.38. The van der Waals surface area contributed by atoms with Crippen molar-refractivity contribution in [1.82, 2.24) is 19.7 Å². The summed E-state index contributed by atoms with van der Waals surface area (Å²) in [6.07, 6.45) is 3.09. The molecule has 176 valence electrons. The first-order chi connectivity index (χ1) is 15.3. The zero-order chi connectivity index (χ0) is 23.1. The summed E-state index contributed by atoms with van der Waals surface area (Å²) in [5, 5.41) is 9.48. The number of hydrogen-bond donors (Lipinski definition) is 4. The van der Waals surface area contributed by atoms with Crippen molar-refractivity contribution >= 4 is 27.9 Å². The smallest absolute Gasteiger partial charge is 0.243 e. The molecule has 1 fully saturated rings. The van der Waals surface area contributed by atoms with Crippen LogP contribution in [0, 0.1) is 18.7 Å². The Hall–Kier alpha value is -2.53. The molecule has 32 heavy (non-hydrogen) atoms. The average Bonchev–Trinajstić information content (AvgIpc) is 2.75. The Balaban J connectivity index is 1.53. The third-order valence-corrected chi connectivity index (χ3v) is 7.01. The number of nitrogens with one attached hydrogen (secondary N) is 4. The third kappa shape index (κ3) is 6.26. The third-order valence-electron chi connectivity index (χ3n) is 5.47. The molecule has 0 spiro atoms. The molecule has 0 amide bonds. The van der Waals surface area contributed by atoms with Crippen LogP contribution >= 0.6 is 0 Å². The highest BCUT2D eigenvalue weighted by molar-refractivity contribution is 7.89. The molecule has 1 heterocycles. The molecule has 4 N–H and O–H groups in total. The van der Waals surface area contributed by atoms with Gasteiger partial charge in [-0.15, -0.1) is 0 Å². The fraction of sp³-hybridized carbons (Fsp3) is 0.571. The second-order valence-corrected chi connectivity index (χ2v) is 9.66. The molecule has 0 bridgehead atoms. The number of rotatable bonds is 10. The number of halogens is 1. The van der Waals surface area contributed by atoms with Gasteiger partial charge in [-0.1, -0.05) is 12.1 Å². The summed E-state index contributed by atoms with van der Waals surface area (Å²) >= 11 is 0. The van der Waals surface area contributed by atoms with Gasteiger partial charge in [0.1, 0.15) is 10.7 Å². The van der Waals surface area contributed by atoms with Crippen LogP contribution < -0.4 is 20.7 Å². The van der Waals surface area contributed by atoms with E-state index in [1.165, 1.54) is 6.07 Å². The molecule has 9 nitrogen and oxygen atoms in total. The average molecular weight is 466 g/mol. The Kier molecular flexibility index (Phi) is 8.19. The summed E-state index contributed by atoms with van der Waals surface area (Å²) in [5.74, 6) is 1.21. The minimum atomic E-state index is -3.89. The molecule has 2 aromatic rings. The number of nitrogens with zero attached hydrogens (tertiary/aromatic N) is 3. The van der Waals surface area contributed by atoms with Gasteiger partial charge in [0.05, 0.1) is 0 Å². The lowest BCUT2D eigenvalue weighted by molar-refractivity contribution is 0.323. The predicted molar refractivity (Wildman–Crippen MR) is 124 cm³/mol. The van der Waals surface area contributed by atoms with Crippen molar-refractivity contribution < 1.29 is 12.8 Å². The molecule has 0 saturated heterocycles. The molecule has 0 radical (unpaired) electrons. The first kappa shape index (κ1) is 24.1. The van der Waals surface area contributed by atoms with E-state index < -0.39 is 15.8 Å². The molecule has 1 saturated carbocycles. The SMILES string of the molecule is CCNc1nc(NCC)nc(NCC2CCC(NS(=O)(=O)c3cccc(C)c3F)CC2)n1. The van der Waals surface area contributed by atoms with Crippen molar-refractivity contribution in [3.8, 4) is 0 Å². The highest BCUT2D eigenvalue weighted by Gasteiger charge is 2.27. The zero-order valence-corrected chi connectivity index (χ0v) is 19.6. The Labute approximate surface area is 189 Å². The quantitative estimate of drug-likeness (QED) is 0.422. The maximum atomic E-state index is 14.3. The summed E-state index contributed by atoms with van der Waals surface area (Å²) in [7, 11) is -3.89. The maximum absolute atomic E-state index is 14.3. The van der Waals surface area contributed by atoms with Crippen molar-refractivity contribution in [2.45, 2.75) is 57.4 Å². The molecule has 1 aromatic heterocycles. The molecule has 0 unspecified atom stereocenters. The summed E-state index contributed by atoms with van der Waals surface area (Å²) in [4.78, 5) is 12.8. The number of aromatic nitrogens is 3. The first-order valence-electron chi connectivity index (χ1n) is 11.1. The van der Waals surface area contributed by atoms with Gasteiger partial charge >= 0.3 is 0 Å². The van der Waals surface area contributed by atoms with E-state index in [1.54, 1.807) is 19.1 Å². The highest BCUT2D eigenvalue weighted by atomic mass is 32.2. The van der Waals surface area contributed by atoms with Gasteiger partial charge in [0.25, 0.3) is 0 Å². The van der Waals surface area contributed by atoms with Crippen molar-refractivity contribution in [3.05, 3.63) is 29.6 Å². The molecule has 1 aromatic carbocycles. The van der Waals surface area contributed by atoms with Gasteiger partial charge in [-0.05, 0) is 64.0 Å². The lowest BCUT2D eigenvalue weighted by atomic mass is 9.86. The van der Waals surface area contributed by atoms with Crippen molar-refractivity contribution in [2.75, 3.05) is 35.6 Å². The van der Waals surface area contributed by atoms with Crippen molar-refractivity contribution in [2.24, 2.45) is 5.92 Å². The summed E-state index contributed by atoms with van der Waals surface area (Å²) in [6.45, 7) is 7.62. The van der Waals surface area contributed by atoms with Crippen molar-refractivity contribution in [3.63, 3.8) is 0 Å².